The van der Waals surface area contributed by atoms with E-state index in [4.69, 9.17) is 11.6 Å². The van der Waals surface area contributed by atoms with Crippen LogP contribution in [0.1, 0.15) is 47.6 Å². The molecule has 0 unspecified atom stereocenters. The minimum absolute atomic E-state index is 0.0132. The number of hydrogen-bond acceptors (Lipinski definition) is 7. The normalized spacial score (nSPS) is 21.8. The topological polar surface area (TPSA) is 145 Å². The van der Waals surface area contributed by atoms with Gasteiger partial charge in [0, 0.05) is 45.2 Å². The molecule has 3 amide bonds. The maximum absolute atomic E-state index is 14.3. The van der Waals surface area contributed by atoms with Crippen LogP contribution in [0.2, 0.25) is 5.02 Å². The number of nitrogens with zero attached hydrogens (tertiary/aromatic N) is 4. The summed E-state index contributed by atoms with van der Waals surface area (Å²) in [6.45, 7) is -0.518. The number of halogens is 2. The van der Waals surface area contributed by atoms with Crippen LogP contribution in [0.4, 0.5) is 4.39 Å². The molecule has 2 aromatic rings. The fraction of sp³-hybridized carbons (Fsp3) is 0.480. The summed E-state index contributed by atoms with van der Waals surface area (Å²) in [5, 5.41) is 23.2. The number of nitrogens with one attached hydrogen (secondary N) is 1. The summed E-state index contributed by atoms with van der Waals surface area (Å²) >= 11 is 5.80. The average molecular weight is 550 g/mol. The molecular formula is C25H29ClFN5O6. The zero-order valence-corrected chi connectivity index (χ0v) is 22.0. The Bertz CT molecular complexity index is 1370. The Balaban J connectivity index is 1.80. The standard InChI is InChI=1S/C25H29ClFN5O6/c1-30(2)21(37)22(38)31(3)25-9-7-24(13-33,8-10-25)12-32-20(36)18(34)17(29-23(25)32)19(35)28-11-14-5-4-6-15(26)16(14)27/h4-6,33-34H,7-13H2,1-3H3,(H,28,35). The molecule has 3 aliphatic rings. The number of hydrogen-bond donors (Lipinski definition) is 3. The van der Waals surface area contributed by atoms with Gasteiger partial charge in [-0.25, -0.2) is 9.37 Å². The second kappa shape index (κ2) is 9.99. The van der Waals surface area contributed by atoms with E-state index in [1.54, 1.807) is 0 Å². The molecule has 3 N–H and O–H groups in total. The summed E-state index contributed by atoms with van der Waals surface area (Å²) in [5.74, 6) is -4.14. The van der Waals surface area contributed by atoms with Gasteiger partial charge in [0.2, 0.25) is 5.75 Å². The van der Waals surface area contributed by atoms with Gasteiger partial charge in [-0.3, -0.25) is 23.7 Å². The van der Waals surface area contributed by atoms with E-state index in [2.05, 4.69) is 10.3 Å². The molecule has 1 fully saturated rings. The summed E-state index contributed by atoms with van der Waals surface area (Å²) < 4.78 is 15.5. The first-order chi connectivity index (χ1) is 17.9. The van der Waals surface area contributed by atoms with E-state index in [1.807, 2.05) is 0 Å². The third kappa shape index (κ3) is 4.41. The Kier molecular flexibility index (Phi) is 7.23. The monoisotopic (exact) mass is 549 g/mol. The van der Waals surface area contributed by atoms with Gasteiger partial charge in [0.25, 0.3) is 11.5 Å². The minimum atomic E-state index is -1.25. The second-order valence-electron chi connectivity index (χ2n) is 10.2. The first-order valence-corrected chi connectivity index (χ1v) is 12.4. The van der Waals surface area contributed by atoms with E-state index in [9.17, 15) is 33.8 Å². The molecule has 2 aliphatic heterocycles. The Labute approximate surface area is 222 Å². The number of benzene rings is 1. The van der Waals surface area contributed by atoms with E-state index < -0.39 is 51.5 Å². The molecule has 0 radical (unpaired) electrons. The molecule has 0 saturated heterocycles. The third-order valence-corrected chi connectivity index (χ3v) is 8.04. The predicted molar refractivity (Wildman–Crippen MR) is 134 cm³/mol. The maximum Gasteiger partial charge on any atom is 0.312 e. The highest BCUT2D eigenvalue weighted by Crippen LogP contribution is 2.51. The Morgan fingerprint density at radius 3 is 2.42 bits per heavy atom. The largest absolute Gasteiger partial charge is 0.501 e. The summed E-state index contributed by atoms with van der Waals surface area (Å²) in [5.41, 5.74) is -3.37. The quantitative estimate of drug-likeness (QED) is 0.471. The lowest BCUT2D eigenvalue weighted by Crippen LogP contribution is -2.54. The first-order valence-electron chi connectivity index (χ1n) is 12.0. The zero-order valence-electron chi connectivity index (χ0n) is 21.3. The highest BCUT2D eigenvalue weighted by atomic mass is 35.5. The van der Waals surface area contributed by atoms with Gasteiger partial charge < -0.3 is 25.3 Å². The minimum Gasteiger partial charge on any atom is -0.501 e. The summed E-state index contributed by atoms with van der Waals surface area (Å²) in [7, 11) is 4.32. The van der Waals surface area contributed by atoms with Crippen LogP contribution in [0.15, 0.2) is 23.0 Å². The van der Waals surface area contributed by atoms with Gasteiger partial charge in [0.15, 0.2) is 5.69 Å². The molecule has 1 saturated carbocycles. The fourth-order valence-electron chi connectivity index (χ4n) is 5.28. The van der Waals surface area contributed by atoms with Gasteiger partial charge in [-0.15, -0.1) is 0 Å². The van der Waals surface area contributed by atoms with Crippen molar-refractivity contribution in [1.82, 2.24) is 24.7 Å². The molecule has 0 spiro atoms. The van der Waals surface area contributed by atoms with E-state index in [-0.39, 0.29) is 48.9 Å². The van der Waals surface area contributed by atoms with Crippen molar-refractivity contribution in [3.63, 3.8) is 0 Å². The van der Waals surface area contributed by atoms with E-state index in [0.717, 1.165) is 4.90 Å². The van der Waals surface area contributed by atoms with Crippen LogP contribution in [0.5, 0.6) is 5.75 Å². The number of aliphatic hydroxyl groups is 1. The Morgan fingerprint density at radius 2 is 1.82 bits per heavy atom. The Hall–Kier alpha value is -3.51. The summed E-state index contributed by atoms with van der Waals surface area (Å²) in [6.07, 6.45) is 1.36. The van der Waals surface area contributed by atoms with Crippen molar-refractivity contribution in [3.8, 4) is 5.75 Å². The van der Waals surface area contributed by atoms with Crippen LogP contribution in [0, 0.1) is 11.2 Å². The van der Waals surface area contributed by atoms with Crippen molar-refractivity contribution in [1.29, 1.82) is 0 Å². The van der Waals surface area contributed by atoms with E-state index in [1.165, 1.54) is 48.8 Å². The molecule has 38 heavy (non-hydrogen) atoms. The number of rotatable bonds is 5. The van der Waals surface area contributed by atoms with Crippen molar-refractivity contribution < 1.29 is 29.0 Å². The number of amides is 3. The highest BCUT2D eigenvalue weighted by Gasteiger charge is 2.54. The van der Waals surface area contributed by atoms with Gasteiger partial charge in [-0.05, 0) is 31.7 Å². The zero-order chi connectivity index (χ0) is 28.0. The molecule has 1 aromatic heterocycles. The summed E-state index contributed by atoms with van der Waals surface area (Å²) in [6, 6.07) is 4.29. The molecule has 0 atom stereocenters. The van der Waals surface area contributed by atoms with Crippen molar-refractivity contribution in [2.45, 2.75) is 44.3 Å². The van der Waals surface area contributed by atoms with E-state index in [0.29, 0.717) is 12.8 Å². The van der Waals surface area contributed by atoms with E-state index >= 15 is 0 Å². The number of likely N-dealkylation sites (N-methyl/N-ethyl adjacent to an activating group) is 2. The fourth-order valence-corrected chi connectivity index (χ4v) is 5.48. The molecule has 3 heterocycles. The smallest absolute Gasteiger partial charge is 0.312 e. The number of fused-ring (bicyclic) bond motifs is 2. The molecular weight excluding hydrogens is 521 g/mol. The van der Waals surface area contributed by atoms with Gasteiger partial charge in [0.1, 0.15) is 17.2 Å². The van der Waals surface area contributed by atoms with Gasteiger partial charge in [-0.1, -0.05) is 23.7 Å². The summed E-state index contributed by atoms with van der Waals surface area (Å²) in [4.78, 5) is 58.9. The second-order valence-corrected chi connectivity index (χ2v) is 10.6. The molecule has 204 valence electrons. The van der Waals surface area contributed by atoms with Gasteiger partial charge in [0.05, 0.1) is 11.6 Å². The van der Waals surface area contributed by atoms with Crippen LogP contribution < -0.4 is 10.9 Å². The predicted octanol–water partition coefficient (Wildman–Crippen LogP) is 0.980. The molecule has 1 aromatic carbocycles. The van der Waals surface area contributed by atoms with Gasteiger partial charge >= 0.3 is 11.8 Å². The van der Waals surface area contributed by atoms with Crippen molar-refractivity contribution in [2.75, 3.05) is 27.7 Å². The number of aromatic nitrogens is 2. The van der Waals surface area contributed by atoms with Crippen LogP contribution in [0.3, 0.4) is 0 Å². The van der Waals surface area contributed by atoms with Crippen LogP contribution in [-0.4, -0.2) is 75.0 Å². The highest BCUT2D eigenvalue weighted by molar-refractivity contribution is 6.34. The molecule has 11 nitrogen and oxygen atoms in total. The first kappa shape index (κ1) is 27.5. The molecule has 5 rings (SSSR count). The van der Waals surface area contributed by atoms with Gasteiger partial charge in [-0.2, -0.15) is 0 Å². The molecule has 13 heteroatoms. The van der Waals surface area contributed by atoms with Crippen LogP contribution in [-0.2, 0) is 28.2 Å². The van der Waals surface area contributed by atoms with Crippen molar-refractivity contribution in [3.05, 3.63) is 56.5 Å². The third-order valence-electron chi connectivity index (χ3n) is 7.75. The number of aromatic hydroxyl groups is 1. The molecule has 2 bridgehead atoms. The number of carbonyl (C=O) groups is 3. The lowest BCUT2D eigenvalue weighted by molar-refractivity contribution is -0.155. The van der Waals surface area contributed by atoms with Crippen molar-refractivity contribution >= 4 is 29.3 Å². The number of aliphatic hydroxyl groups excluding tert-OH is 1. The van der Waals surface area contributed by atoms with Crippen LogP contribution >= 0.6 is 11.6 Å². The lowest BCUT2D eigenvalue weighted by Gasteiger charge is -2.46. The maximum atomic E-state index is 14.3. The SMILES string of the molecule is CN(C)C(=O)C(=O)N(C)C12CCC(CO)(CC1)Cn1c2nc(C(=O)NCc2cccc(Cl)c2F)c(O)c1=O. The Morgan fingerprint density at radius 1 is 1.16 bits per heavy atom. The van der Waals surface area contributed by atoms with Crippen LogP contribution in [0.25, 0.3) is 0 Å². The number of carbonyl (C=O) groups excluding carboxylic acids is 3. The average Bonchev–Trinajstić information content (AvgIpc) is 3.14. The van der Waals surface area contributed by atoms with Crippen molar-refractivity contribution in [2.24, 2.45) is 5.41 Å². The molecule has 1 aliphatic carbocycles. The lowest BCUT2D eigenvalue weighted by atomic mass is 9.68.